The Kier molecular flexibility index (Phi) is 4.66. The van der Waals surface area contributed by atoms with Gasteiger partial charge in [-0.3, -0.25) is 4.79 Å². The molecule has 3 N–H and O–H groups in total. The Hall–Kier alpha value is -3.79. The van der Waals surface area contributed by atoms with Crippen molar-refractivity contribution >= 4 is 16.8 Å². The monoisotopic (exact) mass is 422 g/mol. The number of benzene rings is 3. The molecule has 1 aliphatic rings. The zero-order valence-corrected chi connectivity index (χ0v) is 18.4. The van der Waals surface area contributed by atoms with Gasteiger partial charge in [-0.05, 0) is 49.1 Å². The highest BCUT2D eigenvalue weighted by molar-refractivity contribution is 6.01. The minimum Gasteiger partial charge on any atom is -0.509 e. The van der Waals surface area contributed by atoms with Gasteiger partial charge in [-0.15, -0.1) is 0 Å². The molecule has 0 radical (unpaired) electrons. The van der Waals surface area contributed by atoms with Crippen LogP contribution in [0.15, 0.2) is 90.2 Å². The van der Waals surface area contributed by atoms with Crippen LogP contribution in [0.4, 0.5) is 0 Å². The van der Waals surface area contributed by atoms with Gasteiger partial charge >= 0.3 is 0 Å². The van der Waals surface area contributed by atoms with E-state index in [4.69, 9.17) is 0 Å². The molecule has 1 aliphatic heterocycles. The fourth-order valence-corrected chi connectivity index (χ4v) is 4.86. The number of hydrogen-bond acceptors (Lipinski definition) is 2. The molecule has 5 rings (SSSR count). The molecule has 4 heteroatoms. The van der Waals surface area contributed by atoms with Crippen LogP contribution in [0.25, 0.3) is 10.9 Å². The second kappa shape index (κ2) is 7.41. The maximum absolute atomic E-state index is 13.4. The summed E-state index contributed by atoms with van der Waals surface area (Å²) in [5.74, 6) is -0.608. The molecule has 0 bridgehead atoms. The molecule has 2 heterocycles. The summed E-state index contributed by atoms with van der Waals surface area (Å²) in [6.45, 7) is 5.99. The summed E-state index contributed by atoms with van der Waals surface area (Å²) in [4.78, 5) is 17.0. The quantitative estimate of drug-likeness (QED) is 0.391. The van der Waals surface area contributed by atoms with Crippen molar-refractivity contribution in [1.29, 1.82) is 0 Å². The summed E-state index contributed by atoms with van der Waals surface area (Å²) in [6, 6.07) is 25.8. The summed E-state index contributed by atoms with van der Waals surface area (Å²) < 4.78 is 0. The molecular formula is C28H26N2O2. The molecule has 3 aromatic carbocycles. The van der Waals surface area contributed by atoms with E-state index in [2.05, 4.69) is 42.3 Å². The van der Waals surface area contributed by atoms with E-state index in [-0.39, 0.29) is 11.7 Å². The molecule has 32 heavy (non-hydrogen) atoms. The molecule has 0 saturated heterocycles. The van der Waals surface area contributed by atoms with Crippen molar-refractivity contribution in [3.8, 4) is 0 Å². The van der Waals surface area contributed by atoms with Gasteiger partial charge in [-0.1, -0.05) is 72.8 Å². The first-order valence-electron chi connectivity index (χ1n) is 10.9. The summed E-state index contributed by atoms with van der Waals surface area (Å²) in [6.07, 6.45) is 0. The Morgan fingerprint density at radius 2 is 1.56 bits per heavy atom. The number of carbonyl (C=O) groups excluding carboxylic acids is 1. The van der Waals surface area contributed by atoms with E-state index in [1.165, 1.54) is 5.56 Å². The Morgan fingerprint density at radius 1 is 0.906 bits per heavy atom. The summed E-state index contributed by atoms with van der Waals surface area (Å²) in [5, 5.41) is 15.7. The number of H-pyrrole nitrogens is 1. The molecule has 160 valence electrons. The number of aliphatic hydroxyl groups excluding tert-OH is 1. The molecular weight excluding hydrogens is 396 g/mol. The number of hydrogen-bond donors (Lipinski definition) is 3. The zero-order chi connectivity index (χ0) is 22.5. The second-order valence-corrected chi connectivity index (χ2v) is 8.76. The predicted octanol–water partition coefficient (Wildman–Crippen LogP) is 5.77. The van der Waals surface area contributed by atoms with Crippen molar-refractivity contribution in [3.63, 3.8) is 0 Å². The van der Waals surface area contributed by atoms with Crippen LogP contribution in [-0.2, 0) is 10.3 Å². The van der Waals surface area contributed by atoms with E-state index in [9.17, 15) is 9.90 Å². The average molecular weight is 423 g/mol. The lowest BCUT2D eigenvalue weighted by Gasteiger charge is -2.25. The van der Waals surface area contributed by atoms with Gasteiger partial charge in [0.1, 0.15) is 11.3 Å². The summed E-state index contributed by atoms with van der Waals surface area (Å²) >= 11 is 0. The molecule has 1 amide bonds. The molecule has 0 aliphatic carbocycles. The first kappa shape index (κ1) is 20.1. The van der Waals surface area contributed by atoms with E-state index >= 15 is 0 Å². The maximum atomic E-state index is 13.4. The Morgan fingerprint density at radius 3 is 2.25 bits per heavy atom. The number of nitrogens with one attached hydrogen (secondary N) is 2. The topological polar surface area (TPSA) is 65.1 Å². The molecule has 4 nitrogen and oxygen atoms in total. The fraction of sp³-hybridized carbons (Fsp3) is 0.179. The minimum atomic E-state index is -0.975. The molecule has 0 saturated carbocycles. The van der Waals surface area contributed by atoms with Crippen LogP contribution in [0.3, 0.4) is 0 Å². The highest BCUT2D eigenvalue weighted by atomic mass is 16.3. The third kappa shape index (κ3) is 3.02. The second-order valence-electron chi connectivity index (χ2n) is 8.76. The Balaban J connectivity index is 1.76. The van der Waals surface area contributed by atoms with Gasteiger partial charge in [0.2, 0.25) is 0 Å². The van der Waals surface area contributed by atoms with Crippen molar-refractivity contribution in [2.45, 2.75) is 32.2 Å². The van der Waals surface area contributed by atoms with Gasteiger partial charge in [-0.25, -0.2) is 0 Å². The highest BCUT2D eigenvalue weighted by Gasteiger charge is 2.46. The van der Waals surface area contributed by atoms with Gasteiger partial charge in [0.05, 0.1) is 11.5 Å². The number of fused-ring (bicyclic) bond motifs is 1. The van der Waals surface area contributed by atoms with Crippen molar-refractivity contribution < 1.29 is 9.90 Å². The number of aryl methyl sites for hydroxylation is 2. The summed E-state index contributed by atoms with van der Waals surface area (Å²) in [7, 11) is 0. The number of carbonyl (C=O) groups is 1. The lowest BCUT2D eigenvalue weighted by molar-refractivity contribution is -0.118. The van der Waals surface area contributed by atoms with Crippen molar-refractivity contribution in [3.05, 3.63) is 118 Å². The van der Waals surface area contributed by atoms with E-state index < -0.39 is 11.5 Å². The lowest BCUT2D eigenvalue weighted by atomic mass is 9.83. The lowest BCUT2D eigenvalue weighted by Crippen LogP contribution is -2.39. The molecule has 0 spiro atoms. The Labute approximate surface area is 187 Å². The number of aliphatic hydroxyl groups is 1. The number of rotatable bonds is 4. The van der Waals surface area contributed by atoms with Crippen molar-refractivity contribution in [2.75, 3.05) is 0 Å². The number of aromatic amines is 1. The van der Waals surface area contributed by atoms with E-state index in [0.717, 1.165) is 33.3 Å². The van der Waals surface area contributed by atoms with Gasteiger partial charge in [0, 0.05) is 16.6 Å². The third-order valence-electron chi connectivity index (χ3n) is 6.65. The molecule has 2 atom stereocenters. The standard InChI is InChI=1S/C28H26N2O2/c1-17-14-15-21-18(2)25(29-22(21)16-17)23(19-10-6-4-7-11-19)24-26(31)28(3,30-27(24)32)20-12-8-5-9-13-20/h4-16,23,29,31H,1-3H3,(H,30,32). The fourth-order valence-electron chi connectivity index (χ4n) is 4.86. The maximum Gasteiger partial charge on any atom is 0.252 e. The van der Waals surface area contributed by atoms with Gasteiger partial charge in [0.25, 0.3) is 5.91 Å². The van der Waals surface area contributed by atoms with Crippen LogP contribution >= 0.6 is 0 Å². The van der Waals surface area contributed by atoms with Crippen LogP contribution in [0.2, 0.25) is 0 Å². The van der Waals surface area contributed by atoms with Gasteiger partial charge < -0.3 is 15.4 Å². The van der Waals surface area contributed by atoms with E-state index in [0.29, 0.717) is 5.57 Å². The summed E-state index contributed by atoms with van der Waals surface area (Å²) in [5.41, 5.74) is 5.40. The number of amides is 1. The first-order valence-corrected chi connectivity index (χ1v) is 10.9. The zero-order valence-electron chi connectivity index (χ0n) is 18.4. The number of aromatic nitrogens is 1. The van der Waals surface area contributed by atoms with Crippen LogP contribution in [0, 0.1) is 13.8 Å². The molecule has 1 aromatic heterocycles. The van der Waals surface area contributed by atoms with Gasteiger partial charge in [0.15, 0.2) is 0 Å². The van der Waals surface area contributed by atoms with Crippen LogP contribution in [-0.4, -0.2) is 16.0 Å². The Bertz CT molecular complexity index is 1350. The highest BCUT2D eigenvalue weighted by Crippen LogP contribution is 2.44. The van der Waals surface area contributed by atoms with Crippen molar-refractivity contribution in [1.82, 2.24) is 10.3 Å². The SMILES string of the molecule is Cc1ccc2c(C)c(C(C3=C(O)C(C)(c4ccccc4)NC3=O)c3ccccc3)[nH]c2c1. The van der Waals surface area contributed by atoms with Crippen LogP contribution < -0.4 is 5.32 Å². The average Bonchev–Trinajstić information content (AvgIpc) is 3.24. The van der Waals surface area contributed by atoms with Crippen LogP contribution in [0.5, 0.6) is 0 Å². The van der Waals surface area contributed by atoms with Gasteiger partial charge in [-0.2, -0.15) is 0 Å². The molecule has 2 unspecified atom stereocenters. The molecule has 4 aromatic rings. The molecule has 0 fully saturated rings. The minimum absolute atomic E-state index is 0.0665. The van der Waals surface area contributed by atoms with E-state index in [1.54, 1.807) is 0 Å². The normalized spacial score (nSPS) is 19.4. The predicted molar refractivity (Wildman–Crippen MR) is 128 cm³/mol. The third-order valence-corrected chi connectivity index (χ3v) is 6.65. The largest absolute Gasteiger partial charge is 0.509 e. The van der Waals surface area contributed by atoms with Crippen molar-refractivity contribution in [2.24, 2.45) is 0 Å². The van der Waals surface area contributed by atoms with E-state index in [1.807, 2.05) is 67.6 Å². The van der Waals surface area contributed by atoms with Crippen LogP contribution in [0.1, 0.15) is 40.8 Å². The smallest absolute Gasteiger partial charge is 0.252 e. The first-order chi connectivity index (χ1) is 15.4.